The molecule has 2 unspecified atom stereocenters. The zero-order valence-electron chi connectivity index (χ0n) is 21.8. The number of nitrogens with one attached hydrogen (secondary N) is 2. The first-order valence-electron chi connectivity index (χ1n) is 13.0. The van der Waals surface area contributed by atoms with Crippen LogP contribution >= 0.6 is 11.3 Å². The lowest BCUT2D eigenvalue weighted by Gasteiger charge is -2.31. The molecule has 0 spiro atoms. The van der Waals surface area contributed by atoms with E-state index in [0.29, 0.717) is 12.0 Å². The molecule has 5 rings (SSSR count). The van der Waals surface area contributed by atoms with Crippen molar-refractivity contribution in [1.29, 1.82) is 0 Å². The molecule has 8 nitrogen and oxygen atoms in total. The van der Waals surface area contributed by atoms with Crippen molar-refractivity contribution >= 4 is 43.2 Å². The number of aromatic nitrogens is 4. The quantitative estimate of drug-likeness (QED) is 0.393. The minimum atomic E-state index is -3.15. The highest BCUT2D eigenvalue weighted by atomic mass is 32.2. The molecule has 194 valence electrons. The van der Waals surface area contributed by atoms with Gasteiger partial charge >= 0.3 is 0 Å². The van der Waals surface area contributed by atoms with Crippen molar-refractivity contribution in [3.8, 4) is 10.6 Å². The van der Waals surface area contributed by atoms with Gasteiger partial charge in [0.15, 0.2) is 9.84 Å². The average molecular weight is 529 g/mol. The zero-order valence-corrected chi connectivity index (χ0v) is 23.4. The number of pyridine rings is 1. The van der Waals surface area contributed by atoms with E-state index in [2.05, 4.69) is 15.6 Å². The normalized spacial score (nSPS) is 21.0. The first-order valence-corrected chi connectivity index (χ1v) is 15.4. The summed E-state index contributed by atoms with van der Waals surface area (Å²) in [6, 6.07) is 2.57. The second-order valence-corrected chi connectivity index (χ2v) is 14.6. The highest BCUT2D eigenvalue weighted by Gasteiger charge is 2.44. The Morgan fingerprint density at radius 1 is 1.03 bits per heavy atom. The van der Waals surface area contributed by atoms with E-state index in [1.54, 1.807) is 18.3 Å². The molecule has 0 aliphatic heterocycles. The Hall–Kier alpha value is -2.33. The lowest BCUT2D eigenvalue weighted by molar-refractivity contribution is 0.403. The average Bonchev–Trinajstić information content (AvgIpc) is 3.44. The van der Waals surface area contributed by atoms with Crippen molar-refractivity contribution in [1.82, 2.24) is 19.9 Å². The Morgan fingerprint density at radius 3 is 2.47 bits per heavy atom. The number of rotatable bonds is 8. The van der Waals surface area contributed by atoms with Crippen LogP contribution in [0.4, 0.5) is 11.8 Å². The van der Waals surface area contributed by atoms with Crippen LogP contribution in [0.25, 0.3) is 20.8 Å². The summed E-state index contributed by atoms with van der Waals surface area (Å²) >= 11 is 1.63. The number of hydrogen-bond acceptors (Lipinski definition) is 9. The van der Waals surface area contributed by atoms with Gasteiger partial charge in [-0.05, 0) is 78.2 Å². The molecule has 0 radical (unpaired) electrons. The van der Waals surface area contributed by atoms with Crippen LogP contribution in [0.3, 0.4) is 0 Å². The summed E-state index contributed by atoms with van der Waals surface area (Å²) in [5.41, 5.74) is 3.61. The van der Waals surface area contributed by atoms with Gasteiger partial charge in [0.25, 0.3) is 0 Å². The van der Waals surface area contributed by atoms with Crippen molar-refractivity contribution in [2.45, 2.75) is 90.0 Å². The molecule has 2 N–H and O–H groups in total. The first kappa shape index (κ1) is 25.3. The molecule has 36 heavy (non-hydrogen) atoms. The summed E-state index contributed by atoms with van der Waals surface area (Å²) in [5, 5.41) is 8.06. The van der Waals surface area contributed by atoms with Gasteiger partial charge in [0.1, 0.15) is 16.3 Å². The molecule has 3 aromatic rings. The first-order chi connectivity index (χ1) is 17.1. The van der Waals surface area contributed by atoms with E-state index in [-0.39, 0.29) is 17.7 Å². The van der Waals surface area contributed by atoms with Gasteiger partial charge in [-0.3, -0.25) is 4.98 Å². The number of sulfone groups is 1. The van der Waals surface area contributed by atoms with Crippen LogP contribution in [-0.4, -0.2) is 50.9 Å². The maximum absolute atomic E-state index is 12.8. The van der Waals surface area contributed by atoms with Crippen molar-refractivity contribution in [3.05, 3.63) is 23.7 Å². The number of hydrogen-bond donors (Lipinski definition) is 2. The molecule has 3 aromatic heterocycles. The largest absolute Gasteiger partial charge is 0.367 e. The third-order valence-corrected chi connectivity index (χ3v) is 11.9. The maximum Gasteiger partial charge on any atom is 0.225 e. The van der Waals surface area contributed by atoms with E-state index in [4.69, 9.17) is 15.0 Å². The maximum atomic E-state index is 12.8. The summed E-state index contributed by atoms with van der Waals surface area (Å²) < 4.78 is 25.9. The van der Waals surface area contributed by atoms with Gasteiger partial charge in [0.2, 0.25) is 5.95 Å². The van der Waals surface area contributed by atoms with E-state index >= 15 is 0 Å². The summed E-state index contributed by atoms with van der Waals surface area (Å²) in [5.74, 6) is 1.70. The molecule has 0 aromatic carbocycles. The summed E-state index contributed by atoms with van der Waals surface area (Å²) in [4.78, 5) is 19.1. The SMILES string of the molecule is CCS(=O)(=O)C(C)(C)C1CCC(Nc2nc(NC3CCC3)nc(C)c2-c2nc3c(C)nccc3s2)C1. The van der Waals surface area contributed by atoms with E-state index in [1.165, 1.54) is 6.42 Å². The van der Waals surface area contributed by atoms with Crippen LogP contribution in [0.2, 0.25) is 0 Å². The molecule has 0 amide bonds. The van der Waals surface area contributed by atoms with Crippen LogP contribution in [0, 0.1) is 19.8 Å². The molecule has 2 aliphatic rings. The summed E-state index contributed by atoms with van der Waals surface area (Å²) in [6.07, 6.45) is 7.91. The minimum Gasteiger partial charge on any atom is -0.367 e. The Bertz CT molecular complexity index is 1380. The van der Waals surface area contributed by atoms with Crippen molar-refractivity contribution < 1.29 is 8.42 Å². The molecule has 2 fully saturated rings. The third kappa shape index (κ3) is 4.58. The number of aryl methyl sites for hydroxylation is 2. The summed E-state index contributed by atoms with van der Waals surface area (Å²) in [6.45, 7) is 9.50. The molecule has 2 atom stereocenters. The molecule has 2 saturated carbocycles. The lowest BCUT2D eigenvalue weighted by Crippen LogP contribution is -2.40. The van der Waals surface area contributed by atoms with Crippen molar-refractivity contribution in [2.75, 3.05) is 16.4 Å². The van der Waals surface area contributed by atoms with Crippen LogP contribution in [0.5, 0.6) is 0 Å². The Balaban J connectivity index is 1.48. The van der Waals surface area contributed by atoms with Crippen molar-refractivity contribution in [3.63, 3.8) is 0 Å². The molecule has 0 saturated heterocycles. The molecule has 2 aliphatic carbocycles. The van der Waals surface area contributed by atoms with E-state index in [0.717, 1.165) is 70.1 Å². The fourth-order valence-corrected chi connectivity index (χ4v) is 7.96. The van der Waals surface area contributed by atoms with E-state index in [1.807, 2.05) is 40.0 Å². The van der Waals surface area contributed by atoms with Gasteiger partial charge in [-0.1, -0.05) is 6.92 Å². The predicted molar refractivity (Wildman–Crippen MR) is 147 cm³/mol. The highest BCUT2D eigenvalue weighted by molar-refractivity contribution is 7.92. The zero-order chi connectivity index (χ0) is 25.7. The molecular formula is C26H36N6O2S2. The van der Waals surface area contributed by atoms with Crippen LogP contribution in [0.1, 0.15) is 70.7 Å². The Labute approximate surface area is 217 Å². The number of thiazole rings is 1. The molecule has 10 heteroatoms. The van der Waals surface area contributed by atoms with Crippen molar-refractivity contribution in [2.24, 2.45) is 5.92 Å². The minimum absolute atomic E-state index is 0.107. The number of fused-ring (bicyclic) bond motifs is 1. The molecule has 0 bridgehead atoms. The Kier molecular flexibility index (Phi) is 6.70. The molecular weight excluding hydrogens is 492 g/mol. The smallest absolute Gasteiger partial charge is 0.225 e. The predicted octanol–water partition coefficient (Wildman–Crippen LogP) is 5.52. The lowest BCUT2D eigenvalue weighted by atomic mass is 9.93. The second kappa shape index (κ2) is 9.52. The fourth-order valence-electron chi connectivity index (χ4n) is 5.39. The molecule has 3 heterocycles. The van der Waals surface area contributed by atoms with E-state index in [9.17, 15) is 8.42 Å². The number of anilines is 2. The van der Waals surface area contributed by atoms with Crippen LogP contribution in [-0.2, 0) is 9.84 Å². The van der Waals surface area contributed by atoms with Gasteiger partial charge in [-0.15, -0.1) is 11.3 Å². The van der Waals surface area contributed by atoms with Gasteiger partial charge in [0.05, 0.1) is 26.4 Å². The number of nitrogens with zero attached hydrogens (tertiary/aromatic N) is 4. The van der Waals surface area contributed by atoms with Crippen LogP contribution < -0.4 is 10.6 Å². The fraction of sp³-hybridized carbons (Fsp3) is 0.615. The standard InChI is InChI=1S/C26H36N6O2S2/c1-6-36(33,34)26(4,5)17-10-11-19(14-17)29-23-21(15(2)28-25(32-23)30-18-8-7-9-18)24-31-22-16(3)27-13-12-20(22)35-24/h12-13,17-19H,6-11,14H2,1-5H3,(H2,28,29,30,32). The second-order valence-electron chi connectivity index (χ2n) is 10.7. The van der Waals surface area contributed by atoms with E-state index < -0.39 is 14.6 Å². The monoisotopic (exact) mass is 528 g/mol. The van der Waals surface area contributed by atoms with Gasteiger partial charge in [0, 0.05) is 24.0 Å². The topological polar surface area (TPSA) is 110 Å². The summed E-state index contributed by atoms with van der Waals surface area (Å²) in [7, 11) is -3.15. The van der Waals surface area contributed by atoms with Gasteiger partial charge in [-0.2, -0.15) is 4.98 Å². The Morgan fingerprint density at radius 2 is 1.81 bits per heavy atom. The van der Waals surface area contributed by atoms with Gasteiger partial charge in [-0.25, -0.2) is 18.4 Å². The third-order valence-electron chi connectivity index (χ3n) is 8.17. The van der Waals surface area contributed by atoms with Crippen LogP contribution in [0.15, 0.2) is 12.3 Å². The van der Waals surface area contributed by atoms with Gasteiger partial charge < -0.3 is 10.6 Å². The highest BCUT2D eigenvalue weighted by Crippen LogP contribution is 2.42.